The molecule has 1 amide bonds. The van der Waals surface area contributed by atoms with Gasteiger partial charge in [-0.25, -0.2) is 4.98 Å². The Morgan fingerprint density at radius 1 is 1.17 bits per heavy atom. The van der Waals surface area contributed by atoms with Crippen LogP contribution in [0.1, 0.15) is 17.3 Å². The Morgan fingerprint density at radius 3 is 2.76 bits per heavy atom. The van der Waals surface area contributed by atoms with Crippen LogP contribution in [0.15, 0.2) is 65.1 Å². The molecular formula is C22H16BrClN2O2S. The largest absolute Gasteiger partial charge is 0.492 e. The van der Waals surface area contributed by atoms with Crippen LogP contribution >= 0.6 is 38.9 Å². The van der Waals surface area contributed by atoms with E-state index in [0.29, 0.717) is 28.6 Å². The first kappa shape index (κ1) is 19.9. The van der Waals surface area contributed by atoms with Gasteiger partial charge in [-0.1, -0.05) is 39.7 Å². The number of anilines is 1. The number of amides is 1. The zero-order chi connectivity index (χ0) is 20.4. The van der Waals surface area contributed by atoms with E-state index in [1.807, 2.05) is 49.4 Å². The molecule has 0 aliphatic heterocycles. The number of nitrogens with one attached hydrogen (secondary N) is 1. The third kappa shape index (κ3) is 4.29. The van der Waals surface area contributed by atoms with Crippen LogP contribution in [0.4, 0.5) is 5.69 Å². The summed E-state index contributed by atoms with van der Waals surface area (Å²) < 4.78 is 7.44. The maximum atomic E-state index is 12.8. The van der Waals surface area contributed by atoms with Gasteiger partial charge in [0.1, 0.15) is 10.8 Å². The number of hydrogen-bond donors (Lipinski definition) is 1. The Hall–Kier alpha value is -2.41. The van der Waals surface area contributed by atoms with Crippen molar-refractivity contribution in [3.63, 3.8) is 0 Å². The maximum Gasteiger partial charge on any atom is 0.255 e. The molecular weight excluding hydrogens is 472 g/mol. The molecule has 1 heterocycles. The van der Waals surface area contributed by atoms with Gasteiger partial charge in [0.15, 0.2) is 0 Å². The smallest absolute Gasteiger partial charge is 0.255 e. The summed E-state index contributed by atoms with van der Waals surface area (Å²) in [5.41, 5.74) is 2.92. The number of carbonyl (C=O) groups excluding carboxylic acids is 1. The lowest BCUT2D eigenvalue weighted by Gasteiger charge is -2.11. The SMILES string of the molecule is CCOc1ccc(C(=O)Nc2ccc(Br)cc2-c2nc3ccccc3s2)cc1Cl. The molecule has 146 valence electrons. The highest BCUT2D eigenvalue weighted by Crippen LogP contribution is 2.36. The number of aromatic nitrogens is 1. The summed E-state index contributed by atoms with van der Waals surface area (Å²) in [5.74, 6) is 0.309. The van der Waals surface area contributed by atoms with E-state index in [4.69, 9.17) is 21.3 Å². The van der Waals surface area contributed by atoms with Crippen molar-refractivity contribution >= 4 is 60.7 Å². The Balaban J connectivity index is 1.67. The molecule has 29 heavy (non-hydrogen) atoms. The summed E-state index contributed by atoms with van der Waals surface area (Å²) in [6, 6.07) is 18.7. The van der Waals surface area contributed by atoms with Crippen LogP contribution in [-0.4, -0.2) is 17.5 Å². The zero-order valence-electron chi connectivity index (χ0n) is 15.4. The van der Waals surface area contributed by atoms with Crippen LogP contribution in [0.2, 0.25) is 5.02 Å². The second kappa shape index (κ2) is 8.53. The van der Waals surface area contributed by atoms with Crippen LogP contribution < -0.4 is 10.1 Å². The van der Waals surface area contributed by atoms with E-state index in [2.05, 4.69) is 21.2 Å². The van der Waals surface area contributed by atoms with Crippen LogP contribution in [0.5, 0.6) is 5.75 Å². The summed E-state index contributed by atoms with van der Waals surface area (Å²) in [7, 11) is 0. The van der Waals surface area contributed by atoms with Gasteiger partial charge >= 0.3 is 0 Å². The minimum atomic E-state index is -0.250. The van der Waals surface area contributed by atoms with Gasteiger partial charge in [-0.3, -0.25) is 4.79 Å². The van der Waals surface area contributed by atoms with Gasteiger partial charge < -0.3 is 10.1 Å². The van der Waals surface area contributed by atoms with Gasteiger partial charge in [-0.15, -0.1) is 11.3 Å². The van der Waals surface area contributed by atoms with Crippen molar-refractivity contribution in [3.8, 4) is 16.3 Å². The Bertz CT molecular complexity index is 1180. The summed E-state index contributed by atoms with van der Waals surface area (Å²) in [4.78, 5) is 17.6. The first-order valence-corrected chi connectivity index (χ1v) is 10.9. The highest BCUT2D eigenvalue weighted by atomic mass is 79.9. The minimum Gasteiger partial charge on any atom is -0.492 e. The van der Waals surface area contributed by atoms with E-state index < -0.39 is 0 Å². The lowest BCUT2D eigenvalue weighted by Crippen LogP contribution is -2.12. The van der Waals surface area contributed by atoms with Crippen molar-refractivity contribution < 1.29 is 9.53 Å². The van der Waals surface area contributed by atoms with Gasteiger partial charge in [0, 0.05) is 15.6 Å². The third-order valence-corrected chi connectivity index (χ3v) is 6.11. The second-order valence-corrected chi connectivity index (χ2v) is 8.56. The molecule has 0 unspecified atom stereocenters. The van der Waals surface area contributed by atoms with Gasteiger partial charge in [-0.2, -0.15) is 0 Å². The van der Waals surface area contributed by atoms with Crippen molar-refractivity contribution in [2.75, 3.05) is 11.9 Å². The zero-order valence-corrected chi connectivity index (χ0v) is 18.6. The number of nitrogens with zero attached hydrogens (tertiary/aromatic N) is 1. The number of carbonyl (C=O) groups is 1. The van der Waals surface area contributed by atoms with Gasteiger partial charge in [0.2, 0.25) is 0 Å². The second-order valence-electron chi connectivity index (χ2n) is 6.21. The molecule has 0 aliphatic rings. The number of halogens is 2. The fraction of sp³-hybridized carbons (Fsp3) is 0.0909. The van der Waals surface area contributed by atoms with E-state index in [-0.39, 0.29) is 5.91 Å². The summed E-state index contributed by atoms with van der Waals surface area (Å²) in [5, 5.41) is 4.23. The normalized spacial score (nSPS) is 10.9. The monoisotopic (exact) mass is 486 g/mol. The number of benzene rings is 3. The Kier molecular flexibility index (Phi) is 5.85. The number of rotatable bonds is 5. The number of hydrogen-bond acceptors (Lipinski definition) is 4. The lowest BCUT2D eigenvalue weighted by atomic mass is 10.1. The van der Waals surface area contributed by atoms with E-state index >= 15 is 0 Å². The molecule has 0 bridgehead atoms. The fourth-order valence-corrected chi connectivity index (χ4v) is 4.49. The predicted molar refractivity (Wildman–Crippen MR) is 123 cm³/mol. The third-order valence-electron chi connectivity index (χ3n) is 4.25. The van der Waals surface area contributed by atoms with Crippen LogP contribution in [-0.2, 0) is 0 Å². The highest BCUT2D eigenvalue weighted by molar-refractivity contribution is 9.10. The number of ether oxygens (including phenoxy) is 1. The molecule has 0 fully saturated rings. The lowest BCUT2D eigenvalue weighted by molar-refractivity contribution is 0.102. The van der Waals surface area contributed by atoms with Gasteiger partial charge in [0.05, 0.1) is 27.5 Å². The van der Waals surface area contributed by atoms with Crippen LogP contribution in [0, 0.1) is 0 Å². The maximum absolute atomic E-state index is 12.8. The summed E-state index contributed by atoms with van der Waals surface area (Å²) >= 11 is 11.3. The summed E-state index contributed by atoms with van der Waals surface area (Å²) in [6.07, 6.45) is 0. The molecule has 0 saturated heterocycles. The van der Waals surface area contributed by atoms with Crippen molar-refractivity contribution in [3.05, 3.63) is 75.7 Å². The topological polar surface area (TPSA) is 51.2 Å². The van der Waals surface area contributed by atoms with Crippen LogP contribution in [0.3, 0.4) is 0 Å². The quantitative estimate of drug-likeness (QED) is 0.329. The first-order chi connectivity index (χ1) is 14.0. The molecule has 4 rings (SSSR count). The highest BCUT2D eigenvalue weighted by Gasteiger charge is 2.15. The standard InChI is InChI=1S/C22H16BrClN2O2S/c1-2-28-19-10-7-13(11-16(19)24)21(27)25-17-9-8-14(23)12-15(17)22-26-18-5-3-4-6-20(18)29-22/h3-12H,2H2,1H3,(H,25,27). The molecule has 1 aromatic heterocycles. The number of para-hydroxylation sites is 1. The first-order valence-electron chi connectivity index (χ1n) is 8.94. The van der Waals surface area contributed by atoms with E-state index in [1.54, 1.807) is 29.5 Å². The minimum absolute atomic E-state index is 0.250. The van der Waals surface area contributed by atoms with E-state index in [1.165, 1.54) is 0 Å². The van der Waals surface area contributed by atoms with Crippen molar-refractivity contribution in [1.82, 2.24) is 4.98 Å². The van der Waals surface area contributed by atoms with Gasteiger partial charge in [0.25, 0.3) is 5.91 Å². The van der Waals surface area contributed by atoms with Gasteiger partial charge in [-0.05, 0) is 55.5 Å². The molecule has 0 radical (unpaired) electrons. The molecule has 4 nitrogen and oxygen atoms in total. The number of thiazole rings is 1. The molecule has 0 spiro atoms. The predicted octanol–water partition coefficient (Wildman–Crippen LogP) is 7.03. The summed E-state index contributed by atoms with van der Waals surface area (Å²) in [6.45, 7) is 2.39. The Morgan fingerprint density at radius 2 is 2.00 bits per heavy atom. The molecule has 0 saturated carbocycles. The van der Waals surface area contributed by atoms with Crippen molar-refractivity contribution in [1.29, 1.82) is 0 Å². The van der Waals surface area contributed by atoms with Crippen LogP contribution in [0.25, 0.3) is 20.8 Å². The van der Waals surface area contributed by atoms with Crippen molar-refractivity contribution in [2.24, 2.45) is 0 Å². The molecule has 7 heteroatoms. The molecule has 0 aliphatic carbocycles. The fourth-order valence-electron chi connectivity index (χ4n) is 2.90. The number of fused-ring (bicyclic) bond motifs is 1. The van der Waals surface area contributed by atoms with E-state index in [9.17, 15) is 4.79 Å². The van der Waals surface area contributed by atoms with E-state index in [0.717, 1.165) is 25.3 Å². The molecule has 3 aromatic carbocycles. The Labute approximate surface area is 185 Å². The van der Waals surface area contributed by atoms with Crippen molar-refractivity contribution in [2.45, 2.75) is 6.92 Å². The molecule has 4 aromatic rings. The average Bonchev–Trinajstić information content (AvgIpc) is 3.15. The average molecular weight is 488 g/mol. The molecule has 0 atom stereocenters. The molecule has 1 N–H and O–H groups in total.